The van der Waals surface area contributed by atoms with Gasteiger partial charge >= 0.3 is 0 Å². The Bertz CT molecular complexity index is 764. The third-order valence-electron chi connectivity index (χ3n) is 3.38. The number of nitrogens with zero attached hydrogens (tertiary/aromatic N) is 2. The van der Waals surface area contributed by atoms with Crippen LogP contribution in [0.3, 0.4) is 0 Å². The van der Waals surface area contributed by atoms with E-state index in [4.69, 9.17) is 4.52 Å². The minimum absolute atomic E-state index is 0.0199. The van der Waals surface area contributed by atoms with Crippen LogP contribution in [0.15, 0.2) is 46.3 Å². The fraction of sp³-hybridized carbons (Fsp3) is 0.235. The molecule has 0 saturated heterocycles. The molecule has 0 atom stereocenters. The van der Waals surface area contributed by atoms with Crippen LogP contribution >= 0.6 is 11.3 Å². The number of carbonyl (C=O) groups excluding carboxylic acids is 1. The van der Waals surface area contributed by atoms with Crippen LogP contribution in [0.1, 0.15) is 22.8 Å². The summed E-state index contributed by atoms with van der Waals surface area (Å²) in [7, 11) is 0. The largest absolute Gasteiger partial charge is 0.351 e. The molecule has 118 valence electrons. The highest BCUT2D eigenvalue weighted by Crippen LogP contribution is 2.16. The van der Waals surface area contributed by atoms with Crippen LogP contribution < -0.4 is 5.32 Å². The second-order valence-corrected chi connectivity index (χ2v) is 6.27. The minimum Gasteiger partial charge on any atom is -0.351 e. The van der Waals surface area contributed by atoms with E-state index in [0.29, 0.717) is 31.1 Å². The first kappa shape index (κ1) is 15.4. The summed E-state index contributed by atoms with van der Waals surface area (Å²) in [5, 5.41) is 8.84. The Labute approximate surface area is 138 Å². The first-order valence-corrected chi connectivity index (χ1v) is 8.27. The molecule has 3 aromatic rings. The highest BCUT2D eigenvalue weighted by atomic mass is 32.1. The fourth-order valence-corrected chi connectivity index (χ4v) is 2.73. The zero-order valence-electron chi connectivity index (χ0n) is 12.8. The highest BCUT2D eigenvalue weighted by molar-refractivity contribution is 7.09. The van der Waals surface area contributed by atoms with Gasteiger partial charge in [-0.05, 0) is 18.4 Å². The van der Waals surface area contributed by atoms with E-state index in [9.17, 15) is 4.79 Å². The van der Waals surface area contributed by atoms with Crippen molar-refractivity contribution in [1.82, 2.24) is 15.5 Å². The predicted octanol–water partition coefficient (Wildman–Crippen LogP) is 3.36. The van der Waals surface area contributed by atoms with Crippen LogP contribution in [0.2, 0.25) is 0 Å². The Kier molecular flexibility index (Phi) is 4.83. The maximum Gasteiger partial charge on any atom is 0.227 e. The molecule has 5 nitrogen and oxygen atoms in total. The van der Waals surface area contributed by atoms with E-state index < -0.39 is 0 Å². The Morgan fingerprint density at radius 1 is 1.26 bits per heavy atom. The molecule has 0 aliphatic carbocycles. The molecule has 0 aliphatic heterocycles. The number of benzene rings is 1. The molecule has 0 saturated carbocycles. The van der Waals surface area contributed by atoms with Crippen LogP contribution in [0.5, 0.6) is 0 Å². The summed E-state index contributed by atoms with van der Waals surface area (Å²) in [5.41, 5.74) is 2.09. The molecule has 0 unspecified atom stereocenters. The van der Waals surface area contributed by atoms with Gasteiger partial charge in [0.15, 0.2) is 0 Å². The van der Waals surface area contributed by atoms with Crippen LogP contribution in [0.25, 0.3) is 11.4 Å². The number of thiophene rings is 1. The Morgan fingerprint density at radius 3 is 2.83 bits per heavy atom. The molecular weight excluding hydrogens is 310 g/mol. The van der Waals surface area contributed by atoms with Crippen molar-refractivity contribution in [3.63, 3.8) is 0 Å². The number of amides is 1. The average molecular weight is 327 g/mol. The van der Waals surface area contributed by atoms with Gasteiger partial charge in [0, 0.05) is 23.3 Å². The van der Waals surface area contributed by atoms with E-state index in [-0.39, 0.29) is 5.91 Å². The van der Waals surface area contributed by atoms with Crippen molar-refractivity contribution in [2.75, 3.05) is 0 Å². The summed E-state index contributed by atoms with van der Waals surface area (Å²) in [6.45, 7) is 2.59. The van der Waals surface area contributed by atoms with Gasteiger partial charge in [-0.2, -0.15) is 4.98 Å². The highest BCUT2D eigenvalue weighted by Gasteiger charge is 2.10. The lowest BCUT2D eigenvalue weighted by Crippen LogP contribution is -2.22. The van der Waals surface area contributed by atoms with Gasteiger partial charge in [0.1, 0.15) is 0 Å². The average Bonchev–Trinajstić information content (AvgIpc) is 3.23. The Morgan fingerprint density at radius 2 is 2.09 bits per heavy atom. The first-order valence-electron chi connectivity index (χ1n) is 7.39. The number of hydrogen-bond acceptors (Lipinski definition) is 5. The van der Waals surface area contributed by atoms with Crippen molar-refractivity contribution in [1.29, 1.82) is 0 Å². The molecule has 0 spiro atoms. The Balaban J connectivity index is 1.50. The van der Waals surface area contributed by atoms with Gasteiger partial charge in [-0.15, -0.1) is 11.3 Å². The molecule has 1 amide bonds. The Hall–Kier alpha value is -2.47. The lowest BCUT2D eigenvalue weighted by Gasteiger charge is -2.01. The zero-order chi connectivity index (χ0) is 16.1. The molecule has 2 aromatic heterocycles. The molecule has 6 heteroatoms. The van der Waals surface area contributed by atoms with Gasteiger partial charge in [0.2, 0.25) is 17.6 Å². The molecule has 0 radical (unpaired) electrons. The van der Waals surface area contributed by atoms with Gasteiger partial charge < -0.3 is 9.84 Å². The third-order valence-corrected chi connectivity index (χ3v) is 4.26. The summed E-state index contributed by atoms with van der Waals surface area (Å²) in [4.78, 5) is 17.3. The van der Waals surface area contributed by atoms with Gasteiger partial charge in [-0.1, -0.05) is 41.1 Å². The lowest BCUT2D eigenvalue weighted by molar-refractivity contribution is -0.121. The lowest BCUT2D eigenvalue weighted by atomic mass is 10.1. The molecule has 2 heterocycles. The smallest absolute Gasteiger partial charge is 0.227 e. The van der Waals surface area contributed by atoms with Crippen molar-refractivity contribution in [2.24, 2.45) is 0 Å². The topological polar surface area (TPSA) is 68.0 Å². The van der Waals surface area contributed by atoms with E-state index in [1.54, 1.807) is 11.3 Å². The fourth-order valence-electron chi connectivity index (χ4n) is 2.08. The number of nitrogens with one attached hydrogen (secondary N) is 1. The molecular formula is C17H17N3O2S. The molecule has 1 N–H and O–H groups in total. The monoisotopic (exact) mass is 327 g/mol. The van der Waals surface area contributed by atoms with E-state index in [2.05, 4.69) is 15.5 Å². The summed E-state index contributed by atoms with van der Waals surface area (Å²) in [6, 6.07) is 11.9. The van der Waals surface area contributed by atoms with Gasteiger partial charge in [-0.25, -0.2) is 0 Å². The van der Waals surface area contributed by atoms with Crippen LogP contribution in [0, 0.1) is 6.92 Å². The van der Waals surface area contributed by atoms with Crippen molar-refractivity contribution < 1.29 is 9.32 Å². The van der Waals surface area contributed by atoms with Crippen molar-refractivity contribution >= 4 is 17.2 Å². The number of hydrogen-bond donors (Lipinski definition) is 1. The van der Waals surface area contributed by atoms with Gasteiger partial charge in [0.05, 0.1) is 6.54 Å². The summed E-state index contributed by atoms with van der Waals surface area (Å²) in [6.07, 6.45) is 0.774. The SMILES string of the molecule is Cc1ccc(-c2noc(CCC(=O)NCc3cccs3)n2)cc1. The van der Waals surface area contributed by atoms with E-state index in [1.807, 2.05) is 48.7 Å². The first-order chi connectivity index (χ1) is 11.2. The second-order valence-electron chi connectivity index (χ2n) is 5.23. The number of carbonyl (C=O) groups is 1. The summed E-state index contributed by atoms with van der Waals surface area (Å²) in [5.74, 6) is 1.01. The quantitative estimate of drug-likeness (QED) is 0.754. The number of aryl methyl sites for hydroxylation is 2. The number of rotatable bonds is 6. The molecule has 1 aromatic carbocycles. The standard InChI is InChI=1S/C17H17N3O2S/c1-12-4-6-13(7-5-12)17-19-16(22-20-17)9-8-15(21)18-11-14-3-2-10-23-14/h2-7,10H,8-9,11H2,1H3,(H,18,21). The summed E-state index contributed by atoms with van der Waals surface area (Å²) < 4.78 is 5.21. The second kappa shape index (κ2) is 7.19. The van der Waals surface area contributed by atoms with Crippen molar-refractivity contribution in [3.05, 3.63) is 58.1 Å². The normalized spacial score (nSPS) is 10.7. The summed E-state index contributed by atoms with van der Waals surface area (Å²) >= 11 is 1.63. The van der Waals surface area contributed by atoms with Crippen molar-refractivity contribution in [2.45, 2.75) is 26.3 Å². The molecule has 0 aliphatic rings. The third kappa shape index (κ3) is 4.26. The predicted molar refractivity (Wildman–Crippen MR) is 89.0 cm³/mol. The molecule has 0 fully saturated rings. The molecule has 3 rings (SSSR count). The van der Waals surface area contributed by atoms with Crippen LogP contribution in [-0.2, 0) is 17.8 Å². The van der Waals surface area contributed by atoms with Crippen LogP contribution in [-0.4, -0.2) is 16.0 Å². The van der Waals surface area contributed by atoms with Gasteiger partial charge in [0.25, 0.3) is 0 Å². The van der Waals surface area contributed by atoms with E-state index in [1.165, 1.54) is 5.56 Å². The number of aromatic nitrogens is 2. The minimum atomic E-state index is -0.0199. The maximum atomic E-state index is 11.8. The van der Waals surface area contributed by atoms with Crippen molar-refractivity contribution in [3.8, 4) is 11.4 Å². The maximum absolute atomic E-state index is 11.8. The van der Waals surface area contributed by atoms with E-state index >= 15 is 0 Å². The molecule has 0 bridgehead atoms. The zero-order valence-corrected chi connectivity index (χ0v) is 13.6. The van der Waals surface area contributed by atoms with Gasteiger partial charge in [-0.3, -0.25) is 4.79 Å². The van der Waals surface area contributed by atoms with Crippen LogP contribution in [0.4, 0.5) is 0 Å². The molecule has 23 heavy (non-hydrogen) atoms. The van der Waals surface area contributed by atoms with E-state index in [0.717, 1.165) is 10.4 Å².